The molecule has 1 aliphatic heterocycles. The van der Waals surface area contributed by atoms with Gasteiger partial charge in [-0.15, -0.1) is 0 Å². The number of likely N-dealkylation sites (tertiary alicyclic amines) is 1. The molecule has 122 valence electrons. The van der Waals surface area contributed by atoms with Crippen LogP contribution in [0.4, 0.5) is 0 Å². The van der Waals surface area contributed by atoms with E-state index in [1.807, 2.05) is 29.2 Å². The molecule has 1 saturated heterocycles. The van der Waals surface area contributed by atoms with E-state index in [0.717, 1.165) is 30.8 Å². The summed E-state index contributed by atoms with van der Waals surface area (Å²) in [5.74, 6) is 0.926. The highest BCUT2D eigenvalue weighted by molar-refractivity contribution is 5.77. The van der Waals surface area contributed by atoms with Crippen molar-refractivity contribution in [1.29, 1.82) is 0 Å². The molecule has 0 radical (unpaired) electrons. The monoisotopic (exact) mass is 314 g/mol. The van der Waals surface area contributed by atoms with Crippen LogP contribution in [0.3, 0.4) is 0 Å². The van der Waals surface area contributed by atoms with Crippen molar-refractivity contribution in [2.45, 2.75) is 39.2 Å². The number of benzene rings is 1. The van der Waals surface area contributed by atoms with Gasteiger partial charge in [0.2, 0.25) is 5.91 Å². The predicted octanol–water partition coefficient (Wildman–Crippen LogP) is 3.42. The quantitative estimate of drug-likeness (QED) is 0.848. The summed E-state index contributed by atoms with van der Waals surface area (Å²) in [5.41, 5.74) is 3.27. The third-order valence-electron chi connectivity index (χ3n) is 4.44. The second-order valence-electron chi connectivity index (χ2n) is 6.01. The maximum absolute atomic E-state index is 12.4. The van der Waals surface area contributed by atoms with Crippen molar-refractivity contribution in [3.05, 3.63) is 47.3 Å². The molecule has 1 aromatic carbocycles. The zero-order chi connectivity index (χ0) is 16.2. The third kappa shape index (κ3) is 3.55. The van der Waals surface area contributed by atoms with Crippen LogP contribution in [0.15, 0.2) is 35.1 Å². The van der Waals surface area contributed by atoms with Crippen molar-refractivity contribution in [2.75, 3.05) is 13.2 Å². The normalized spacial score (nSPS) is 17.5. The van der Waals surface area contributed by atoms with Crippen LogP contribution in [0, 0.1) is 13.8 Å². The molecule has 0 unspecified atom stereocenters. The molecule has 3 rings (SSSR count). The van der Waals surface area contributed by atoms with Gasteiger partial charge in [0.05, 0.1) is 19.1 Å². The largest absolute Gasteiger partial charge is 0.493 e. The number of amides is 1. The number of ether oxygens (including phenoxy) is 1. The fourth-order valence-electron chi connectivity index (χ4n) is 2.97. The Labute approximate surface area is 136 Å². The summed E-state index contributed by atoms with van der Waals surface area (Å²) in [5, 5.41) is 3.98. The fourth-order valence-corrected chi connectivity index (χ4v) is 2.97. The first-order valence-corrected chi connectivity index (χ1v) is 8.05. The SMILES string of the molecule is Cc1ccc(OCCC(=O)N2CCC[C@@H]2c2ccon2)cc1C. The molecule has 2 aromatic rings. The van der Waals surface area contributed by atoms with Gasteiger partial charge in [0.1, 0.15) is 17.7 Å². The molecule has 2 heterocycles. The van der Waals surface area contributed by atoms with E-state index in [0.29, 0.717) is 13.0 Å². The molecular weight excluding hydrogens is 292 g/mol. The lowest BCUT2D eigenvalue weighted by Gasteiger charge is -2.23. The van der Waals surface area contributed by atoms with Gasteiger partial charge in [-0.05, 0) is 49.9 Å². The Bertz CT molecular complexity index is 667. The van der Waals surface area contributed by atoms with E-state index in [-0.39, 0.29) is 11.9 Å². The second kappa shape index (κ2) is 6.86. The van der Waals surface area contributed by atoms with Gasteiger partial charge in [-0.1, -0.05) is 11.2 Å². The number of carbonyl (C=O) groups is 1. The number of aryl methyl sites for hydroxylation is 2. The minimum Gasteiger partial charge on any atom is -0.493 e. The van der Waals surface area contributed by atoms with Gasteiger partial charge < -0.3 is 14.2 Å². The second-order valence-corrected chi connectivity index (χ2v) is 6.01. The Morgan fingerprint density at radius 3 is 2.96 bits per heavy atom. The molecule has 23 heavy (non-hydrogen) atoms. The molecule has 0 N–H and O–H groups in total. The summed E-state index contributed by atoms with van der Waals surface area (Å²) in [7, 11) is 0. The van der Waals surface area contributed by atoms with Gasteiger partial charge >= 0.3 is 0 Å². The minimum atomic E-state index is 0.0443. The Kier molecular flexibility index (Phi) is 4.65. The Morgan fingerprint density at radius 1 is 1.35 bits per heavy atom. The van der Waals surface area contributed by atoms with E-state index in [9.17, 15) is 4.79 Å². The van der Waals surface area contributed by atoms with Crippen molar-refractivity contribution in [3.63, 3.8) is 0 Å². The number of carbonyl (C=O) groups excluding carboxylic acids is 1. The smallest absolute Gasteiger partial charge is 0.226 e. The van der Waals surface area contributed by atoms with E-state index in [1.54, 1.807) is 6.26 Å². The highest BCUT2D eigenvalue weighted by atomic mass is 16.5. The number of nitrogens with zero attached hydrogens (tertiary/aromatic N) is 2. The number of rotatable bonds is 5. The summed E-state index contributed by atoms with van der Waals surface area (Å²) in [6, 6.07) is 7.87. The molecule has 0 spiro atoms. The zero-order valence-electron chi connectivity index (χ0n) is 13.6. The average molecular weight is 314 g/mol. The summed E-state index contributed by atoms with van der Waals surface area (Å²) >= 11 is 0. The van der Waals surface area contributed by atoms with E-state index >= 15 is 0 Å². The van der Waals surface area contributed by atoms with Crippen molar-refractivity contribution in [2.24, 2.45) is 0 Å². The topological polar surface area (TPSA) is 55.6 Å². The molecule has 5 nitrogen and oxygen atoms in total. The minimum absolute atomic E-state index is 0.0443. The summed E-state index contributed by atoms with van der Waals surface area (Å²) < 4.78 is 10.6. The lowest BCUT2D eigenvalue weighted by atomic mass is 10.1. The van der Waals surface area contributed by atoms with Crippen molar-refractivity contribution in [3.8, 4) is 5.75 Å². The van der Waals surface area contributed by atoms with Crippen LogP contribution in [0.1, 0.15) is 42.1 Å². The number of hydrogen-bond donors (Lipinski definition) is 0. The molecule has 1 fully saturated rings. The zero-order valence-corrected chi connectivity index (χ0v) is 13.6. The van der Waals surface area contributed by atoms with Crippen LogP contribution in [0.5, 0.6) is 5.75 Å². The van der Waals surface area contributed by atoms with Crippen molar-refractivity contribution in [1.82, 2.24) is 10.1 Å². The summed E-state index contributed by atoms with van der Waals surface area (Å²) in [6.07, 6.45) is 3.87. The van der Waals surface area contributed by atoms with E-state index in [2.05, 4.69) is 19.0 Å². The highest BCUT2D eigenvalue weighted by Crippen LogP contribution is 2.31. The van der Waals surface area contributed by atoms with E-state index in [4.69, 9.17) is 9.26 Å². The molecule has 1 aliphatic rings. The molecule has 1 atom stereocenters. The first-order valence-electron chi connectivity index (χ1n) is 8.05. The van der Waals surface area contributed by atoms with Crippen LogP contribution in [0.2, 0.25) is 0 Å². The van der Waals surface area contributed by atoms with E-state index < -0.39 is 0 Å². The van der Waals surface area contributed by atoms with Gasteiger partial charge in [-0.25, -0.2) is 0 Å². The number of aromatic nitrogens is 1. The standard InChI is InChI=1S/C18H22N2O3/c1-13-5-6-15(12-14(13)2)22-10-8-18(21)20-9-3-4-17(20)16-7-11-23-19-16/h5-7,11-12,17H,3-4,8-10H2,1-2H3/t17-/m1/s1. The lowest BCUT2D eigenvalue weighted by Crippen LogP contribution is -2.31. The third-order valence-corrected chi connectivity index (χ3v) is 4.44. The van der Waals surface area contributed by atoms with Crippen LogP contribution in [-0.4, -0.2) is 29.1 Å². The Morgan fingerprint density at radius 2 is 2.22 bits per heavy atom. The molecular formula is C18H22N2O3. The lowest BCUT2D eigenvalue weighted by molar-refractivity contribution is -0.132. The van der Waals surface area contributed by atoms with Gasteiger partial charge in [0.15, 0.2) is 0 Å². The van der Waals surface area contributed by atoms with Crippen LogP contribution in [-0.2, 0) is 4.79 Å². The average Bonchev–Trinajstić information content (AvgIpc) is 3.20. The summed E-state index contributed by atoms with van der Waals surface area (Å²) in [6.45, 7) is 5.30. The van der Waals surface area contributed by atoms with Crippen molar-refractivity contribution < 1.29 is 14.1 Å². The Balaban J connectivity index is 1.53. The predicted molar refractivity (Wildman–Crippen MR) is 86.2 cm³/mol. The maximum Gasteiger partial charge on any atom is 0.226 e. The van der Waals surface area contributed by atoms with Crippen LogP contribution < -0.4 is 4.74 Å². The molecule has 1 amide bonds. The number of hydrogen-bond acceptors (Lipinski definition) is 4. The Hall–Kier alpha value is -2.30. The van der Waals surface area contributed by atoms with Crippen LogP contribution in [0.25, 0.3) is 0 Å². The molecule has 0 bridgehead atoms. The van der Waals surface area contributed by atoms with E-state index in [1.165, 1.54) is 11.1 Å². The molecule has 5 heteroatoms. The molecule has 0 aliphatic carbocycles. The molecule has 0 saturated carbocycles. The summed E-state index contributed by atoms with van der Waals surface area (Å²) in [4.78, 5) is 14.3. The fraction of sp³-hybridized carbons (Fsp3) is 0.444. The first-order chi connectivity index (χ1) is 11.1. The maximum atomic E-state index is 12.4. The van der Waals surface area contributed by atoms with Crippen LogP contribution >= 0.6 is 0 Å². The van der Waals surface area contributed by atoms with Gasteiger partial charge in [-0.3, -0.25) is 4.79 Å². The molecule has 1 aromatic heterocycles. The van der Waals surface area contributed by atoms with Gasteiger partial charge in [0.25, 0.3) is 0 Å². The van der Waals surface area contributed by atoms with Gasteiger partial charge in [0, 0.05) is 12.6 Å². The van der Waals surface area contributed by atoms with Crippen molar-refractivity contribution >= 4 is 5.91 Å². The first kappa shape index (κ1) is 15.6. The highest BCUT2D eigenvalue weighted by Gasteiger charge is 2.31. The van der Waals surface area contributed by atoms with Gasteiger partial charge in [-0.2, -0.15) is 0 Å².